The Morgan fingerprint density at radius 1 is 0.941 bits per heavy atom. The molecular formula is C21H12F5N5O3. The molecule has 2 aromatic carbocycles. The number of urea groups is 1. The van der Waals surface area contributed by atoms with Gasteiger partial charge >= 0.3 is 12.2 Å². The number of amides is 2. The van der Waals surface area contributed by atoms with Crippen LogP contribution in [0.4, 0.5) is 38.1 Å². The number of nitrogens with zero attached hydrogens (tertiary/aromatic N) is 2. The van der Waals surface area contributed by atoms with Gasteiger partial charge in [0.2, 0.25) is 0 Å². The van der Waals surface area contributed by atoms with E-state index in [2.05, 4.69) is 20.3 Å². The number of H-pyrrole nitrogens is 1. The molecule has 0 aliphatic heterocycles. The Balaban J connectivity index is 1.50. The first kappa shape index (κ1) is 22.6. The van der Waals surface area contributed by atoms with Gasteiger partial charge in [0.15, 0.2) is 11.4 Å². The second-order valence-corrected chi connectivity index (χ2v) is 6.77. The fraction of sp³-hybridized carbons (Fsp3) is 0.0476. The largest absolute Gasteiger partial charge is 0.455 e. The summed E-state index contributed by atoms with van der Waals surface area (Å²) in [7, 11) is 0. The van der Waals surface area contributed by atoms with Crippen LogP contribution in [0.1, 0.15) is 5.56 Å². The van der Waals surface area contributed by atoms with E-state index in [1.54, 1.807) is 0 Å². The van der Waals surface area contributed by atoms with Crippen molar-refractivity contribution in [3.8, 4) is 11.5 Å². The molecule has 34 heavy (non-hydrogen) atoms. The highest BCUT2D eigenvalue weighted by Crippen LogP contribution is 2.32. The summed E-state index contributed by atoms with van der Waals surface area (Å²) in [6.07, 6.45) is -2.34. The summed E-state index contributed by atoms with van der Waals surface area (Å²) in [6, 6.07) is 5.06. The Labute approximate surface area is 186 Å². The van der Waals surface area contributed by atoms with Gasteiger partial charge in [-0.2, -0.15) is 13.2 Å². The maximum Gasteiger partial charge on any atom is 0.416 e. The van der Waals surface area contributed by atoms with Crippen molar-refractivity contribution >= 4 is 28.6 Å². The third-order valence-electron chi connectivity index (χ3n) is 4.40. The predicted molar refractivity (Wildman–Crippen MR) is 111 cm³/mol. The van der Waals surface area contributed by atoms with E-state index in [0.717, 1.165) is 18.3 Å². The van der Waals surface area contributed by atoms with Gasteiger partial charge in [0, 0.05) is 18.3 Å². The molecule has 4 aromatic rings. The molecule has 4 rings (SSSR count). The van der Waals surface area contributed by atoms with Gasteiger partial charge in [0.25, 0.3) is 5.56 Å². The first-order valence-electron chi connectivity index (χ1n) is 9.36. The van der Waals surface area contributed by atoms with Gasteiger partial charge in [-0.3, -0.25) is 4.79 Å². The number of halogens is 5. The number of carbonyl (C=O) groups excluding carboxylic acids is 1. The van der Waals surface area contributed by atoms with Crippen LogP contribution in [0, 0.1) is 11.6 Å². The van der Waals surface area contributed by atoms with Crippen molar-refractivity contribution in [3.63, 3.8) is 0 Å². The molecule has 0 saturated carbocycles. The highest BCUT2D eigenvalue weighted by Gasteiger charge is 2.31. The Morgan fingerprint density at radius 3 is 2.44 bits per heavy atom. The second-order valence-electron chi connectivity index (χ2n) is 6.77. The number of pyridine rings is 1. The molecular weight excluding hydrogens is 465 g/mol. The fourth-order valence-electron chi connectivity index (χ4n) is 2.87. The van der Waals surface area contributed by atoms with Gasteiger partial charge < -0.3 is 20.4 Å². The van der Waals surface area contributed by atoms with Crippen LogP contribution in [0.5, 0.6) is 11.5 Å². The number of alkyl halides is 3. The van der Waals surface area contributed by atoms with Crippen LogP contribution < -0.4 is 20.9 Å². The van der Waals surface area contributed by atoms with Crippen LogP contribution in [-0.4, -0.2) is 21.0 Å². The highest BCUT2D eigenvalue weighted by atomic mass is 19.4. The van der Waals surface area contributed by atoms with Crippen molar-refractivity contribution in [2.75, 3.05) is 10.6 Å². The molecule has 2 amide bonds. The third-order valence-corrected chi connectivity index (χ3v) is 4.40. The standard InChI is InChI=1S/C21H12F5N5O3/c22-12-3-1-10(21(24,25)26)7-15(12)30-20(33)29-14-4-2-11(8-13(14)23)34-16-5-6-27-19-18(16)31-17(32)9-28-19/h1-9H,(H,31,32)(H2,29,30,33). The number of nitrogens with one attached hydrogen (secondary N) is 3. The fourth-order valence-corrected chi connectivity index (χ4v) is 2.87. The van der Waals surface area contributed by atoms with Gasteiger partial charge in [0.05, 0.1) is 23.1 Å². The van der Waals surface area contributed by atoms with Crippen LogP contribution in [-0.2, 0) is 6.18 Å². The summed E-state index contributed by atoms with van der Waals surface area (Å²) < 4.78 is 72.3. The van der Waals surface area contributed by atoms with E-state index in [1.807, 2.05) is 5.32 Å². The van der Waals surface area contributed by atoms with Crippen LogP contribution in [0.15, 0.2) is 59.7 Å². The van der Waals surface area contributed by atoms with Gasteiger partial charge in [-0.1, -0.05) is 0 Å². The lowest BCUT2D eigenvalue weighted by Gasteiger charge is -2.13. The first-order chi connectivity index (χ1) is 16.1. The SMILES string of the molecule is O=C(Nc1ccc(Oc2ccnc3ncc(=O)[nH]c23)cc1F)Nc1cc(C(F)(F)F)ccc1F. The number of hydrogen-bond donors (Lipinski definition) is 3. The lowest BCUT2D eigenvalue weighted by molar-refractivity contribution is -0.137. The predicted octanol–water partition coefficient (Wildman–Crippen LogP) is 5.05. The maximum absolute atomic E-state index is 14.5. The Hall–Kier alpha value is -4.55. The number of anilines is 2. The number of ether oxygens (including phenoxy) is 1. The molecule has 0 aliphatic rings. The summed E-state index contributed by atoms with van der Waals surface area (Å²) >= 11 is 0. The quantitative estimate of drug-likeness (QED) is 0.357. The van der Waals surface area contributed by atoms with E-state index in [4.69, 9.17) is 4.74 Å². The van der Waals surface area contributed by atoms with Crippen LogP contribution >= 0.6 is 0 Å². The molecule has 3 N–H and O–H groups in total. The Kier molecular flexibility index (Phi) is 5.84. The molecule has 0 bridgehead atoms. The normalized spacial score (nSPS) is 11.3. The number of hydrogen-bond acceptors (Lipinski definition) is 5. The molecule has 0 unspecified atom stereocenters. The molecule has 0 saturated heterocycles. The van der Waals surface area contributed by atoms with Crippen LogP contribution in [0.3, 0.4) is 0 Å². The molecule has 0 fully saturated rings. The number of fused-ring (bicyclic) bond motifs is 1. The summed E-state index contributed by atoms with van der Waals surface area (Å²) in [6.45, 7) is 0. The van der Waals surface area contributed by atoms with E-state index in [-0.39, 0.29) is 28.4 Å². The molecule has 8 nitrogen and oxygen atoms in total. The van der Waals surface area contributed by atoms with Gasteiger partial charge in [-0.05, 0) is 30.3 Å². The van der Waals surface area contributed by atoms with E-state index in [9.17, 15) is 31.5 Å². The monoisotopic (exact) mass is 477 g/mol. The number of aromatic amines is 1. The number of carbonyl (C=O) groups is 1. The smallest absolute Gasteiger partial charge is 0.416 e. The lowest BCUT2D eigenvalue weighted by atomic mass is 10.2. The van der Waals surface area contributed by atoms with E-state index < -0.39 is 40.7 Å². The molecule has 174 valence electrons. The topological polar surface area (TPSA) is 109 Å². The minimum atomic E-state index is -4.74. The Morgan fingerprint density at radius 2 is 1.71 bits per heavy atom. The minimum Gasteiger partial charge on any atom is -0.455 e. The average Bonchev–Trinajstić information content (AvgIpc) is 2.77. The van der Waals surface area contributed by atoms with Crippen molar-refractivity contribution in [2.45, 2.75) is 6.18 Å². The molecule has 0 atom stereocenters. The molecule has 0 spiro atoms. The zero-order valence-electron chi connectivity index (χ0n) is 16.7. The minimum absolute atomic E-state index is 0.00965. The molecule has 0 radical (unpaired) electrons. The summed E-state index contributed by atoms with van der Waals surface area (Å²) in [4.78, 5) is 33.9. The first-order valence-corrected chi connectivity index (χ1v) is 9.36. The van der Waals surface area contributed by atoms with Gasteiger partial charge in [-0.15, -0.1) is 0 Å². The van der Waals surface area contributed by atoms with E-state index in [1.165, 1.54) is 18.3 Å². The maximum atomic E-state index is 14.5. The zero-order chi connectivity index (χ0) is 24.5. The van der Waals surface area contributed by atoms with Crippen molar-refractivity contribution in [3.05, 3.63) is 82.4 Å². The molecule has 2 heterocycles. The molecule has 2 aromatic heterocycles. The van der Waals surface area contributed by atoms with Crippen molar-refractivity contribution < 1.29 is 31.5 Å². The number of aromatic nitrogens is 3. The summed E-state index contributed by atoms with van der Waals surface area (Å²) in [5.74, 6) is -1.94. The third kappa shape index (κ3) is 4.92. The zero-order valence-corrected chi connectivity index (χ0v) is 16.7. The highest BCUT2D eigenvalue weighted by molar-refractivity contribution is 6.00. The van der Waals surface area contributed by atoms with Crippen molar-refractivity contribution in [1.82, 2.24) is 15.0 Å². The number of benzene rings is 2. The van der Waals surface area contributed by atoms with Gasteiger partial charge in [0.1, 0.15) is 22.9 Å². The second kappa shape index (κ2) is 8.77. The number of rotatable bonds is 4. The van der Waals surface area contributed by atoms with E-state index in [0.29, 0.717) is 18.2 Å². The Bertz CT molecular complexity index is 1460. The average molecular weight is 477 g/mol. The summed E-state index contributed by atoms with van der Waals surface area (Å²) in [5.41, 5.74) is -2.39. The van der Waals surface area contributed by atoms with Crippen molar-refractivity contribution in [2.24, 2.45) is 0 Å². The van der Waals surface area contributed by atoms with E-state index >= 15 is 0 Å². The van der Waals surface area contributed by atoms with Crippen LogP contribution in [0.2, 0.25) is 0 Å². The summed E-state index contributed by atoms with van der Waals surface area (Å²) in [5, 5.41) is 3.98. The van der Waals surface area contributed by atoms with Gasteiger partial charge in [-0.25, -0.2) is 23.5 Å². The molecule has 13 heteroatoms. The lowest BCUT2D eigenvalue weighted by Crippen LogP contribution is -2.21. The molecule has 0 aliphatic carbocycles. The van der Waals surface area contributed by atoms with Crippen LogP contribution in [0.25, 0.3) is 11.2 Å². The van der Waals surface area contributed by atoms with Crippen molar-refractivity contribution in [1.29, 1.82) is 0 Å².